The fourth-order valence-corrected chi connectivity index (χ4v) is 1.94. The second kappa shape index (κ2) is 6.21. The highest BCUT2D eigenvalue weighted by atomic mass is 16.4. The van der Waals surface area contributed by atoms with Crippen LogP contribution < -0.4 is 5.32 Å². The monoisotopic (exact) mass is 288 g/mol. The summed E-state index contributed by atoms with van der Waals surface area (Å²) >= 11 is 0. The minimum Gasteiger partial charge on any atom is -0.481 e. The summed E-state index contributed by atoms with van der Waals surface area (Å²) in [6.45, 7) is 3.39. The number of nitrogens with one attached hydrogen (secondary N) is 1. The molecule has 0 bridgehead atoms. The maximum absolute atomic E-state index is 12.0. The number of benzene rings is 1. The van der Waals surface area contributed by atoms with Crippen molar-refractivity contribution in [1.82, 2.24) is 4.98 Å². The minimum absolute atomic E-state index is 0.0856. The van der Waals surface area contributed by atoms with Crippen LogP contribution in [0.4, 0.5) is 5.69 Å². The number of hydrogen-bond acceptors (Lipinski definition) is 4. The van der Waals surface area contributed by atoms with Crippen LogP contribution in [0.3, 0.4) is 0 Å². The summed E-state index contributed by atoms with van der Waals surface area (Å²) in [6, 6.07) is 7.04. The summed E-state index contributed by atoms with van der Waals surface area (Å²) in [6.07, 6.45) is 0.548. The maximum Gasteiger partial charge on any atom is 0.303 e. The first-order chi connectivity index (χ1) is 9.95. The van der Waals surface area contributed by atoms with Gasteiger partial charge in [0.2, 0.25) is 5.76 Å². The van der Waals surface area contributed by atoms with Crippen LogP contribution in [0, 0.1) is 13.8 Å². The molecule has 6 nitrogen and oxygen atoms in total. The Morgan fingerprint density at radius 3 is 2.43 bits per heavy atom. The van der Waals surface area contributed by atoms with Gasteiger partial charge in [-0.3, -0.25) is 9.59 Å². The van der Waals surface area contributed by atoms with Crippen molar-refractivity contribution in [1.29, 1.82) is 0 Å². The van der Waals surface area contributed by atoms with E-state index in [0.29, 0.717) is 23.7 Å². The van der Waals surface area contributed by atoms with E-state index in [9.17, 15) is 9.59 Å². The highest BCUT2D eigenvalue weighted by Gasteiger charge is 2.15. The molecule has 0 saturated carbocycles. The molecule has 0 unspecified atom stereocenters. The van der Waals surface area contributed by atoms with Gasteiger partial charge < -0.3 is 14.8 Å². The zero-order valence-electron chi connectivity index (χ0n) is 11.8. The average molecular weight is 288 g/mol. The van der Waals surface area contributed by atoms with Gasteiger partial charge >= 0.3 is 5.97 Å². The van der Waals surface area contributed by atoms with Crippen LogP contribution in [-0.2, 0) is 11.2 Å². The molecule has 1 aromatic carbocycles. The van der Waals surface area contributed by atoms with Gasteiger partial charge in [-0.2, -0.15) is 0 Å². The molecule has 0 aliphatic rings. The summed E-state index contributed by atoms with van der Waals surface area (Å²) in [4.78, 5) is 26.6. The van der Waals surface area contributed by atoms with Gasteiger partial charge in [-0.05, 0) is 31.0 Å². The molecule has 0 saturated heterocycles. The van der Waals surface area contributed by atoms with Crippen molar-refractivity contribution in [2.45, 2.75) is 26.7 Å². The number of aromatic nitrogens is 1. The number of nitrogens with zero attached hydrogens (tertiary/aromatic N) is 1. The Morgan fingerprint density at radius 2 is 1.90 bits per heavy atom. The molecule has 0 aliphatic carbocycles. The first-order valence-electron chi connectivity index (χ1n) is 6.52. The lowest BCUT2D eigenvalue weighted by atomic mass is 10.1. The number of anilines is 1. The quantitative estimate of drug-likeness (QED) is 0.882. The summed E-state index contributed by atoms with van der Waals surface area (Å²) < 4.78 is 5.25. The van der Waals surface area contributed by atoms with Crippen LogP contribution in [0.1, 0.15) is 34.1 Å². The lowest BCUT2D eigenvalue weighted by Gasteiger charge is -2.05. The van der Waals surface area contributed by atoms with Crippen LogP contribution in [0.5, 0.6) is 0 Å². The Bertz CT molecular complexity index is 659. The van der Waals surface area contributed by atoms with Gasteiger partial charge in [0.05, 0.1) is 5.69 Å². The van der Waals surface area contributed by atoms with Crippen molar-refractivity contribution in [2.24, 2.45) is 0 Å². The molecule has 1 amide bonds. The third-order valence-corrected chi connectivity index (χ3v) is 2.95. The molecule has 6 heteroatoms. The average Bonchev–Trinajstić information content (AvgIpc) is 2.77. The van der Waals surface area contributed by atoms with E-state index in [0.717, 1.165) is 5.56 Å². The van der Waals surface area contributed by atoms with Gasteiger partial charge in [0, 0.05) is 19.0 Å². The van der Waals surface area contributed by atoms with Crippen molar-refractivity contribution in [3.63, 3.8) is 0 Å². The molecule has 2 rings (SSSR count). The van der Waals surface area contributed by atoms with E-state index >= 15 is 0 Å². The SMILES string of the molecule is Cc1nc(C)c(C(=O)Nc2ccc(CCC(=O)O)cc2)o1. The molecular formula is C15H16N2O4. The van der Waals surface area contributed by atoms with E-state index in [1.165, 1.54) is 0 Å². The minimum atomic E-state index is -0.830. The maximum atomic E-state index is 12.0. The van der Waals surface area contributed by atoms with Crippen LogP contribution in [-0.4, -0.2) is 22.0 Å². The Labute approximate surface area is 121 Å². The molecule has 0 fully saturated rings. The number of carbonyl (C=O) groups is 2. The van der Waals surface area contributed by atoms with Gasteiger partial charge in [-0.25, -0.2) is 4.98 Å². The van der Waals surface area contributed by atoms with E-state index in [2.05, 4.69) is 10.3 Å². The molecule has 0 radical (unpaired) electrons. The number of aliphatic carboxylic acids is 1. The van der Waals surface area contributed by atoms with Crippen molar-refractivity contribution < 1.29 is 19.1 Å². The van der Waals surface area contributed by atoms with Gasteiger partial charge in [-0.15, -0.1) is 0 Å². The smallest absolute Gasteiger partial charge is 0.303 e. The highest BCUT2D eigenvalue weighted by Crippen LogP contribution is 2.15. The summed E-state index contributed by atoms with van der Waals surface area (Å²) in [5.41, 5.74) is 2.07. The summed E-state index contributed by atoms with van der Waals surface area (Å²) in [5.74, 6) is -0.543. The van der Waals surface area contributed by atoms with Crippen LogP contribution in [0.2, 0.25) is 0 Å². The van der Waals surface area contributed by atoms with E-state index in [1.807, 2.05) is 0 Å². The lowest BCUT2D eigenvalue weighted by Crippen LogP contribution is -2.12. The van der Waals surface area contributed by atoms with Crippen molar-refractivity contribution in [3.8, 4) is 0 Å². The first kappa shape index (κ1) is 14.8. The number of carbonyl (C=O) groups excluding carboxylic acids is 1. The second-order valence-electron chi connectivity index (χ2n) is 4.69. The van der Waals surface area contributed by atoms with Gasteiger partial charge in [0.25, 0.3) is 5.91 Å². The Kier molecular flexibility index (Phi) is 4.37. The summed E-state index contributed by atoms with van der Waals surface area (Å²) in [7, 11) is 0. The molecule has 0 atom stereocenters. The predicted octanol–water partition coefficient (Wildman–Crippen LogP) is 2.56. The zero-order valence-corrected chi connectivity index (χ0v) is 11.8. The Hall–Kier alpha value is -2.63. The fraction of sp³-hybridized carbons (Fsp3) is 0.267. The first-order valence-corrected chi connectivity index (χ1v) is 6.52. The molecule has 2 N–H and O–H groups in total. The number of rotatable bonds is 5. The molecule has 0 aliphatic heterocycles. The van der Waals surface area contributed by atoms with Gasteiger partial charge in [0.1, 0.15) is 0 Å². The standard InChI is InChI=1S/C15H16N2O4/c1-9-14(21-10(2)16-9)15(20)17-12-6-3-11(4-7-12)5-8-13(18)19/h3-4,6-7H,5,8H2,1-2H3,(H,17,20)(H,18,19). The molecule has 0 spiro atoms. The highest BCUT2D eigenvalue weighted by molar-refractivity contribution is 6.02. The molecular weight excluding hydrogens is 272 g/mol. The third-order valence-electron chi connectivity index (χ3n) is 2.95. The van der Waals surface area contributed by atoms with Crippen molar-refractivity contribution in [2.75, 3.05) is 5.32 Å². The van der Waals surface area contributed by atoms with E-state index < -0.39 is 5.97 Å². The second-order valence-corrected chi connectivity index (χ2v) is 4.69. The molecule has 21 heavy (non-hydrogen) atoms. The van der Waals surface area contributed by atoms with E-state index in [1.54, 1.807) is 38.1 Å². The Morgan fingerprint density at radius 1 is 1.24 bits per heavy atom. The normalized spacial score (nSPS) is 10.4. The third kappa shape index (κ3) is 3.92. The lowest BCUT2D eigenvalue weighted by molar-refractivity contribution is -0.136. The van der Waals surface area contributed by atoms with Crippen LogP contribution >= 0.6 is 0 Å². The number of hydrogen-bond donors (Lipinski definition) is 2. The number of aryl methyl sites for hydroxylation is 3. The summed E-state index contributed by atoms with van der Waals surface area (Å²) in [5, 5.41) is 11.3. The van der Waals surface area contributed by atoms with E-state index in [-0.39, 0.29) is 18.1 Å². The van der Waals surface area contributed by atoms with Crippen LogP contribution in [0.25, 0.3) is 0 Å². The zero-order chi connectivity index (χ0) is 15.4. The fourth-order valence-electron chi connectivity index (χ4n) is 1.94. The van der Waals surface area contributed by atoms with Crippen molar-refractivity contribution >= 4 is 17.6 Å². The topological polar surface area (TPSA) is 92.4 Å². The van der Waals surface area contributed by atoms with Crippen molar-refractivity contribution in [3.05, 3.63) is 47.2 Å². The van der Waals surface area contributed by atoms with Gasteiger partial charge in [-0.1, -0.05) is 12.1 Å². The van der Waals surface area contributed by atoms with Crippen LogP contribution in [0.15, 0.2) is 28.7 Å². The Balaban J connectivity index is 2.01. The molecule has 110 valence electrons. The predicted molar refractivity (Wildman–Crippen MR) is 76.3 cm³/mol. The number of amides is 1. The molecule has 1 aromatic heterocycles. The number of oxazole rings is 1. The number of carboxylic acid groups (broad SMARTS) is 1. The molecule has 1 heterocycles. The number of carboxylic acids is 1. The largest absolute Gasteiger partial charge is 0.481 e. The van der Waals surface area contributed by atoms with Gasteiger partial charge in [0.15, 0.2) is 5.89 Å². The van der Waals surface area contributed by atoms with E-state index in [4.69, 9.17) is 9.52 Å². The molecule has 2 aromatic rings.